The Kier molecular flexibility index (Phi) is 8.36. The first-order chi connectivity index (χ1) is 15.9. The molecule has 2 aromatic carbocycles. The third-order valence-electron chi connectivity index (χ3n) is 4.87. The number of guanidine groups is 1. The molecule has 0 aromatic heterocycles. The van der Waals surface area contributed by atoms with Crippen LogP contribution in [-0.2, 0) is 25.5 Å². The van der Waals surface area contributed by atoms with Crippen LogP contribution >= 0.6 is 0 Å². The van der Waals surface area contributed by atoms with E-state index in [1.807, 2.05) is 0 Å². The van der Waals surface area contributed by atoms with Crippen LogP contribution in [0.4, 0.5) is 5.69 Å². The monoisotopic (exact) mass is 454 g/mol. The molecule has 10 nitrogen and oxygen atoms in total. The van der Waals surface area contributed by atoms with E-state index in [-0.39, 0.29) is 24.9 Å². The Labute approximate surface area is 191 Å². The maximum absolute atomic E-state index is 12.3. The van der Waals surface area contributed by atoms with E-state index in [2.05, 4.69) is 5.32 Å². The summed E-state index contributed by atoms with van der Waals surface area (Å²) in [5, 5.41) is 9.82. The van der Waals surface area contributed by atoms with Crippen LogP contribution in [0.2, 0.25) is 0 Å². The lowest BCUT2D eigenvalue weighted by molar-refractivity contribution is -0.153. The van der Waals surface area contributed by atoms with E-state index in [4.69, 9.17) is 25.4 Å². The van der Waals surface area contributed by atoms with Crippen molar-refractivity contribution in [3.8, 4) is 5.75 Å². The first kappa shape index (κ1) is 23.7. The van der Waals surface area contributed by atoms with E-state index >= 15 is 0 Å². The minimum Gasteiger partial charge on any atom is -0.456 e. The lowest BCUT2D eigenvalue weighted by atomic mass is 10.1. The molecule has 0 saturated carbocycles. The normalized spacial score (nSPS) is 13.2. The van der Waals surface area contributed by atoms with Crippen molar-refractivity contribution in [3.63, 3.8) is 0 Å². The van der Waals surface area contributed by atoms with Gasteiger partial charge in [0.05, 0.1) is 18.8 Å². The van der Waals surface area contributed by atoms with Gasteiger partial charge in [-0.2, -0.15) is 0 Å². The van der Waals surface area contributed by atoms with Crippen LogP contribution < -0.4 is 15.8 Å². The van der Waals surface area contributed by atoms with E-state index in [1.54, 1.807) is 53.4 Å². The molecule has 2 aromatic rings. The number of carbonyl (C=O) groups excluding carboxylic acids is 3. The average molecular weight is 454 g/mol. The van der Waals surface area contributed by atoms with Gasteiger partial charge >= 0.3 is 11.9 Å². The van der Waals surface area contributed by atoms with Crippen molar-refractivity contribution in [2.75, 3.05) is 38.2 Å². The van der Waals surface area contributed by atoms with Gasteiger partial charge in [0.15, 0.2) is 12.6 Å². The molecule has 1 heterocycles. The molecule has 0 spiro atoms. The number of nitrogens with one attached hydrogen (secondary N) is 2. The van der Waals surface area contributed by atoms with Crippen molar-refractivity contribution in [3.05, 3.63) is 59.7 Å². The topological polar surface area (TPSA) is 144 Å². The van der Waals surface area contributed by atoms with Crippen molar-refractivity contribution in [2.45, 2.75) is 12.8 Å². The number of nitrogens with zero attached hydrogens (tertiary/aromatic N) is 1. The largest absolute Gasteiger partial charge is 0.456 e. The molecule has 174 valence electrons. The third-order valence-corrected chi connectivity index (χ3v) is 4.87. The van der Waals surface area contributed by atoms with Crippen LogP contribution in [0.15, 0.2) is 48.5 Å². The van der Waals surface area contributed by atoms with Crippen molar-refractivity contribution in [2.24, 2.45) is 5.73 Å². The van der Waals surface area contributed by atoms with Gasteiger partial charge in [-0.1, -0.05) is 12.1 Å². The number of amides is 1. The minimum atomic E-state index is -0.523. The number of hydrogen-bond donors (Lipinski definition) is 3. The Hall–Kier alpha value is -3.92. The molecule has 1 amide bonds. The van der Waals surface area contributed by atoms with E-state index in [1.165, 1.54) is 0 Å². The molecule has 3 rings (SSSR count). The predicted molar refractivity (Wildman–Crippen MR) is 120 cm³/mol. The van der Waals surface area contributed by atoms with E-state index in [0.29, 0.717) is 49.7 Å². The SMILES string of the molecule is N=C(N)Nc1ccc(C(=O)Oc2ccc(CCC(=O)OCC(=O)N3CCOCC3)cc2)cc1. The van der Waals surface area contributed by atoms with Crippen molar-refractivity contribution in [1.82, 2.24) is 4.90 Å². The Morgan fingerprint density at radius 1 is 1.03 bits per heavy atom. The molecular weight excluding hydrogens is 428 g/mol. The standard InChI is InChI=1S/C23H26N4O6/c24-23(25)26-18-6-4-17(5-7-18)22(30)33-19-8-1-16(2-9-19)3-10-21(29)32-15-20(28)27-11-13-31-14-12-27/h1-2,4-9H,3,10-15H2,(H4,24,25,26). The molecule has 1 saturated heterocycles. The number of carbonyl (C=O) groups is 3. The smallest absolute Gasteiger partial charge is 0.343 e. The van der Waals surface area contributed by atoms with Gasteiger partial charge in [-0.25, -0.2) is 4.79 Å². The zero-order chi connectivity index (χ0) is 23.6. The van der Waals surface area contributed by atoms with Gasteiger partial charge in [-0.3, -0.25) is 15.0 Å². The molecule has 1 aliphatic heterocycles. The van der Waals surface area contributed by atoms with Crippen molar-refractivity contribution >= 4 is 29.5 Å². The molecule has 33 heavy (non-hydrogen) atoms. The minimum absolute atomic E-state index is 0.135. The molecule has 4 N–H and O–H groups in total. The van der Waals surface area contributed by atoms with Gasteiger partial charge < -0.3 is 30.2 Å². The van der Waals surface area contributed by atoms with Crippen LogP contribution in [0.1, 0.15) is 22.3 Å². The lowest BCUT2D eigenvalue weighted by Crippen LogP contribution is -2.42. The molecule has 10 heteroatoms. The number of morpholine rings is 1. The Bertz CT molecular complexity index is 985. The van der Waals surface area contributed by atoms with Crippen LogP contribution in [0.3, 0.4) is 0 Å². The number of hydrogen-bond acceptors (Lipinski definition) is 7. The quantitative estimate of drug-likeness (QED) is 0.236. The van der Waals surface area contributed by atoms with Crippen molar-refractivity contribution < 1.29 is 28.6 Å². The fourth-order valence-corrected chi connectivity index (χ4v) is 3.10. The first-order valence-electron chi connectivity index (χ1n) is 10.4. The van der Waals surface area contributed by atoms with Crippen LogP contribution in [0.5, 0.6) is 5.75 Å². The number of esters is 2. The summed E-state index contributed by atoms with van der Waals surface area (Å²) in [6, 6.07) is 13.2. The second-order valence-corrected chi connectivity index (χ2v) is 7.30. The molecule has 0 bridgehead atoms. The highest BCUT2D eigenvalue weighted by Gasteiger charge is 2.18. The highest BCUT2D eigenvalue weighted by atomic mass is 16.5. The average Bonchev–Trinajstić information content (AvgIpc) is 2.82. The molecular formula is C23H26N4O6. The van der Waals surface area contributed by atoms with Crippen LogP contribution in [0, 0.1) is 5.41 Å². The van der Waals surface area contributed by atoms with Gasteiger partial charge in [-0.15, -0.1) is 0 Å². The maximum atomic E-state index is 12.3. The summed E-state index contributed by atoms with van der Waals surface area (Å²) >= 11 is 0. The summed E-state index contributed by atoms with van der Waals surface area (Å²) in [5.74, 6) is -1.02. The molecule has 1 fully saturated rings. The fourth-order valence-electron chi connectivity index (χ4n) is 3.10. The summed E-state index contributed by atoms with van der Waals surface area (Å²) < 4.78 is 15.6. The number of nitrogens with two attached hydrogens (primary N) is 1. The summed E-state index contributed by atoms with van der Waals surface area (Å²) in [7, 11) is 0. The van der Waals surface area contributed by atoms with Gasteiger partial charge in [-0.05, 0) is 48.4 Å². The second kappa shape index (κ2) is 11.6. The summed E-state index contributed by atoms with van der Waals surface area (Å²) in [4.78, 5) is 37.8. The maximum Gasteiger partial charge on any atom is 0.343 e. The zero-order valence-corrected chi connectivity index (χ0v) is 18.0. The van der Waals surface area contributed by atoms with Crippen LogP contribution in [0.25, 0.3) is 0 Å². The first-order valence-corrected chi connectivity index (χ1v) is 10.4. The fraction of sp³-hybridized carbons (Fsp3) is 0.304. The number of rotatable bonds is 8. The summed E-state index contributed by atoms with van der Waals surface area (Å²) in [5.41, 5.74) is 7.07. The highest BCUT2D eigenvalue weighted by Crippen LogP contribution is 2.17. The van der Waals surface area contributed by atoms with Gasteiger partial charge in [0.2, 0.25) is 0 Å². The number of anilines is 1. The molecule has 0 unspecified atom stereocenters. The molecule has 0 atom stereocenters. The Balaban J connectivity index is 1.41. The summed E-state index contributed by atoms with van der Waals surface area (Å²) in [6.07, 6.45) is 0.569. The Morgan fingerprint density at radius 3 is 2.33 bits per heavy atom. The zero-order valence-electron chi connectivity index (χ0n) is 18.0. The third kappa shape index (κ3) is 7.62. The predicted octanol–water partition coefficient (Wildman–Crippen LogP) is 1.55. The molecule has 0 aliphatic carbocycles. The molecule has 0 radical (unpaired) electrons. The van der Waals surface area contributed by atoms with E-state index in [9.17, 15) is 14.4 Å². The lowest BCUT2D eigenvalue weighted by Gasteiger charge is -2.26. The number of ether oxygens (including phenoxy) is 3. The van der Waals surface area contributed by atoms with Gasteiger partial charge in [0, 0.05) is 25.2 Å². The van der Waals surface area contributed by atoms with Gasteiger partial charge in [0.1, 0.15) is 5.75 Å². The highest BCUT2D eigenvalue weighted by molar-refractivity contribution is 5.93. The van der Waals surface area contributed by atoms with Crippen molar-refractivity contribution in [1.29, 1.82) is 5.41 Å². The second-order valence-electron chi connectivity index (χ2n) is 7.30. The van der Waals surface area contributed by atoms with E-state index < -0.39 is 11.9 Å². The molecule has 1 aliphatic rings. The number of aryl methyl sites for hydroxylation is 1. The number of benzene rings is 2. The Morgan fingerprint density at radius 2 is 1.70 bits per heavy atom. The van der Waals surface area contributed by atoms with Gasteiger partial charge in [0.25, 0.3) is 5.91 Å². The van der Waals surface area contributed by atoms with E-state index in [0.717, 1.165) is 5.56 Å². The van der Waals surface area contributed by atoms with Crippen LogP contribution in [-0.4, -0.2) is 61.6 Å². The summed E-state index contributed by atoms with van der Waals surface area (Å²) in [6.45, 7) is 1.75.